The second-order valence-electron chi connectivity index (χ2n) is 4.65. The minimum Gasteiger partial charge on any atom is -0.375 e. The maximum Gasteiger partial charge on any atom is 0.191 e. The van der Waals surface area contributed by atoms with E-state index < -0.39 is 0 Å². The Hall–Kier alpha value is -1.01. The van der Waals surface area contributed by atoms with Crippen LogP contribution >= 0.6 is 11.8 Å². The lowest BCUT2D eigenvalue weighted by Gasteiger charge is -2.32. The van der Waals surface area contributed by atoms with Gasteiger partial charge in [-0.2, -0.15) is 0 Å². The lowest BCUT2D eigenvalue weighted by Crippen LogP contribution is -2.41. The zero-order valence-corrected chi connectivity index (χ0v) is 12.7. The van der Waals surface area contributed by atoms with Crippen LogP contribution < -0.4 is 10.2 Å². The van der Waals surface area contributed by atoms with E-state index in [1.54, 1.807) is 11.8 Å². The molecule has 1 saturated heterocycles. The number of aromatic nitrogens is 2. The largest absolute Gasteiger partial charge is 0.375 e. The Morgan fingerprint density at radius 2 is 2.37 bits per heavy atom. The fourth-order valence-corrected chi connectivity index (χ4v) is 2.41. The molecule has 2 heterocycles. The second-order valence-corrected chi connectivity index (χ2v) is 5.43. The number of nitrogens with one attached hydrogen (secondary N) is 1. The Kier molecular flexibility index (Phi) is 5.27. The van der Waals surface area contributed by atoms with Gasteiger partial charge in [-0.05, 0) is 19.6 Å². The molecule has 0 saturated carbocycles. The highest BCUT2D eigenvalue weighted by atomic mass is 32.2. The number of nitrogens with zero attached hydrogens (tertiary/aromatic N) is 3. The number of thioether (sulfide) groups is 1. The molecule has 106 valence electrons. The van der Waals surface area contributed by atoms with Crippen molar-refractivity contribution in [3.8, 4) is 0 Å². The molecule has 0 radical (unpaired) electrons. The van der Waals surface area contributed by atoms with Crippen molar-refractivity contribution < 1.29 is 4.74 Å². The molecule has 0 bridgehead atoms. The van der Waals surface area contributed by atoms with Gasteiger partial charge in [0.25, 0.3) is 0 Å². The molecule has 0 spiro atoms. The van der Waals surface area contributed by atoms with Gasteiger partial charge in [-0.25, -0.2) is 9.97 Å². The zero-order chi connectivity index (χ0) is 13.7. The fourth-order valence-electron chi connectivity index (χ4n) is 2.04. The van der Waals surface area contributed by atoms with Gasteiger partial charge in [0.2, 0.25) is 0 Å². The fraction of sp³-hybridized carbons (Fsp3) is 0.692. The summed E-state index contributed by atoms with van der Waals surface area (Å²) >= 11 is 1.58. The number of anilines is 2. The van der Waals surface area contributed by atoms with Gasteiger partial charge in [-0.1, -0.05) is 18.7 Å². The molecule has 1 atom stereocenters. The molecule has 1 fully saturated rings. The number of ether oxygens (including phenoxy) is 1. The van der Waals surface area contributed by atoms with Crippen LogP contribution in [0.5, 0.6) is 0 Å². The number of hydrogen-bond donors (Lipinski definition) is 1. The maximum absolute atomic E-state index is 5.58. The third-order valence-corrected chi connectivity index (χ3v) is 3.54. The second kappa shape index (κ2) is 6.96. The van der Waals surface area contributed by atoms with E-state index in [4.69, 9.17) is 4.74 Å². The van der Waals surface area contributed by atoms with Crippen LogP contribution in [0.3, 0.4) is 0 Å². The molecule has 1 unspecified atom stereocenters. The van der Waals surface area contributed by atoms with Crippen LogP contribution in [-0.2, 0) is 4.74 Å². The molecule has 1 N–H and O–H groups in total. The van der Waals surface area contributed by atoms with Gasteiger partial charge < -0.3 is 15.0 Å². The molecule has 1 aromatic heterocycles. The first-order chi connectivity index (χ1) is 9.22. The first-order valence-electron chi connectivity index (χ1n) is 6.76. The monoisotopic (exact) mass is 282 g/mol. The maximum atomic E-state index is 5.58. The van der Waals surface area contributed by atoms with Crippen LogP contribution in [0.4, 0.5) is 11.6 Å². The van der Waals surface area contributed by atoms with Gasteiger partial charge in [0, 0.05) is 25.7 Å². The summed E-state index contributed by atoms with van der Waals surface area (Å²) in [7, 11) is 0. The lowest BCUT2D eigenvalue weighted by molar-refractivity contribution is 0.0529. The molecule has 5 nitrogen and oxygen atoms in total. The van der Waals surface area contributed by atoms with E-state index in [1.165, 1.54) is 0 Å². The Labute approximate surface area is 119 Å². The molecule has 1 aliphatic heterocycles. The van der Waals surface area contributed by atoms with Crippen molar-refractivity contribution in [3.05, 3.63) is 6.07 Å². The number of morpholine rings is 1. The Balaban J connectivity index is 2.17. The van der Waals surface area contributed by atoms with Crippen molar-refractivity contribution in [2.45, 2.75) is 31.5 Å². The first-order valence-corrected chi connectivity index (χ1v) is 7.99. The first kappa shape index (κ1) is 14.4. The van der Waals surface area contributed by atoms with Gasteiger partial charge in [-0.3, -0.25) is 0 Å². The van der Waals surface area contributed by atoms with E-state index in [0.29, 0.717) is 0 Å². The quantitative estimate of drug-likeness (QED) is 0.660. The summed E-state index contributed by atoms with van der Waals surface area (Å²) in [5, 5.41) is 4.15. The van der Waals surface area contributed by atoms with Crippen molar-refractivity contribution in [3.63, 3.8) is 0 Å². The molecule has 1 aromatic rings. The summed E-state index contributed by atoms with van der Waals surface area (Å²) in [6.07, 6.45) is 3.35. The van der Waals surface area contributed by atoms with Crippen molar-refractivity contribution in [1.82, 2.24) is 9.97 Å². The highest BCUT2D eigenvalue weighted by Gasteiger charge is 2.19. The summed E-state index contributed by atoms with van der Waals surface area (Å²) in [5.41, 5.74) is 0. The van der Waals surface area contributed by atoms with Crippen molar-refractivity contribution in [1.29, 1.82) is 0 Å². The van der Waals surface area contributed by atoms with Gasteiger partial charge in [0.15, 0.2) is 5.16 Å². The third kappa shape index (κ3) is 3.98. The smallest absolute Gasteiger partial charge is 0.191 e. The summed E-state index contributed by atoms with van der Waals surface area (Å²) in [6, 6.07) is 2.04. The zero-order valence-electron chi connectivity index (χ0n) is 11.8. The number of rotatable bonds is 5. The molecular formula is C13H22N4OS. The molecule has 0 amide bonds. The van der Waals surface area contributed by atoms with Gasteiger partial charge in [0.1, 0.15) is 11.6 Å². The van der Waals surface area contributed by atoms with Gasteiger partial charge in [0.05, 0.1) is 12.7 Å². The van der Waals surface area contributed by atoms with Gasteiger partial charge in [-0.15, -0.1) is 0 Å². The Morgan fingerprint density at radius 3 is 3.05 bits per heavy atom. The third-order valence-electron chi connectivity index (χ3n) is 3.00. The van der Waals surface area contributed by atoms with Crippen LogP contribution in [0.2, 0.25) is 0 Å². The predicted octanol–water partition coefficient (Wildman–Crippen LogP) is 2.25. The van der Waals surface area contributed by atoms with Crippen molar-refractivity contribution in [2.24, 2.45) is 0 Å². The molecule has 19 heavy (non-hydrogen) atoms. The standard InChI is InChI=1S/C13H22N4OS/c1-4-5-14-11-8-12(16-13(15-11)19-3)17-6-7-18-10(2)9-17/h8,10H,4-7,9H2,1-3H3,(H,14,15,16). The SMILES string of the molecule is CCCNc1cc(N2CCOC(C)C2)nc(SC)n1. The molecule has 0 aliphatic carbocycles. The molecule has 2 rings (SSSR count). The normalized spacial score (nSPS) is 19.5. The molecule has 6 heteroatoms. The summed E-state index contributed by atoms with van der Waals surface area (Å²) in [4.78, 5) is 11.4. The minimum atomic E-state index is 0.258. The van der Waals surface area contributed by atoms with E-state index in [9.17, 15) is 0 Å². The van der Waals surface area contributed by atoms with Crippen molar-refractivity contribution >= 4 is 23.4 Å². The highest BCUT2D eigenvalue weighted by molar-refractivity contribution is 7.98. The average molecular weight is 282 g/mol. The van der Waals surface area contributed by atoms with Gasteiger partial charge >= 0.3 is 0 Å². The van der Waals surface area contributed by atoms with E-state index >= 15 is 0 Å². The van der Waals surface area contributed by atoms with Crippen LogP contribution in [0.1, 0.15) is 20.3 Å². The van der Waals surface area contributed by atoms with E-state index in [-0.39, 0.29) is 6.10 Å². The van der Waals surface area contributed by atoms with E-state index in [1.807, 2.05) is 12.3 Å². The molecule has 0 aromatic carbocycles. The lowest BCUT2D eigenvalue weighted by atomic mass is 10.3. The van der Waals surface area contributed by atoms with Crippen molar-refractivity contribution in [2.75, 3.05) is 42.7 Å². The Bertz CT molecular complexity index is 416. The van der Waals surface area contributed by atoms with Crippen LogP contribution in [0.25, 0.3) is 0 Å². The minimum absolute atomic E-state index is 0.258. The summed E-state index contributed by atoms with van der Waals surface area (Å²) < 4.78 is 5.58. The Morgan fingerprint density at radius 1 is 1.53 bits per heavy atom. The predicted molar refractivity (Wildman–Crippen MR) is 80.2 cm³/mol. The van der Waals surface area contributed by atoms with Crippen LogP contribution in [-0.4, -0.2) is 48.6 Å². The van der Waals surface area contributed by atoms with Crippen LogP contribution in [0, 0.1) is 0 Å². The highest BCUT2D eigenvalue weighted by Crippen LogP contribution is 2.22. The van der Waals surface area contributed by atoms with E-state index in [0.717, 1.165) is 49.5 Å². The summed E-state index contributed by atoms with van der Waals surface area (Å²) in [6.45, 7) is 7.72. The average Bonchev–Trinajstić information content (AvgIpc) is 2.44. The van der Waals surface area contributed by atoms with E-state index in [2.05, 4.69) is 34.0 Å². The number of hydrogen-bond acceptors (Lipinski definition) is 6. The molecular weight excluding hydrogens is 260 g/mol. The topological polar surface area (TPSA) is 50.3 Å². The summed E-state index contributed by atoms with van der Waals surface area (Å²) in [5.74, 6) is 1.91. The van der Waals surface area contributed by atoms with Crippen LogP contribution in [0.15, 0.2) is 11.2 Å². The molecule has 1 aliphatic rings.